The minimum atomic E-state index is -0.185. The lowest BCUT2D eigenvalue weighted by Crippen LogP contribution is -2.68. The topological polar surface area (TPSA) is 54.0 Å². The number of carbonyl (C=O) groups excluding carboxylic acids is 1. The average molecular weight is 334 g/mol. The molecule has 0 N–H and O–H groups in total. The first-order valence-electron chi connectivity index (χ1n) is 8.45. The second kappa shape index (κ2) is 7.21. The highest BCUT2D eigenvalue weighted by Crippen LogP contribution is 2.55. The second-order valence-electron chi connectivity index (χ2n) is 7.27. The summed E-state index contributed by atoms with van der Waals surface area (Å²) in [4.78, 5) is 11.9. The number of hydrogen-bond acceptors (Lipinski definition) is 5. The molecule has 1 aromatic rings. The Kier molecular flexibility index (Phi) is 5.23. The molecular formula is C19H26O5. The zero-order valence-corrected chi connectivity index (χ0v) is 14.6. The number of hydrogen-bond donors (Lipinski definition) is 0. The second-order valence-corrected chi connectivity index (χ2v) is 7.27. The van der Waals surface area contributed by atoms with E-state index in [2.05, 4.69) is 26.0 Å². The van der Waals surface area contributed by atoms with Gasteiger partial charge in [0.1, 0.15) is 12.9 Å². The average Bonchev–Trinajstić information content (AvgIpc) is 2.57. The fourth-order valence-corrected chi connectivity index (χ4v) is 4.00. The molecular weight excluding hydrogens is 308 g/mol. The highest BCUT2D eigenvalue weighted by atomic mass is 16.7. The molecule has 1 aliphatic heterocycles. The predicted molar refractivity (Wildman–Crippen MR) is 88.1 cm³/mol. The summed E-state index contributed by atoms with van der Waals surface area (Å²) in [5.74, 6) is 0.148. The molecule has 0 aromatic heterocycles. The van der Waals surface area contributed by atoms with Crippen molar-refractivity contribution in [3.63, 3.8) is 0 Å². The number of carbonyl (C=O) groups is 1. The quantitative estimate of drug-likeness (QED) is 0.436. The summed E-state index contributed by atoms with van der Waals surface area (Å²) in [6.45, 7) is 5.51. The van der Waals surface area contributed by atoms with Gasteiger partial charge in [-0.25, -0.2) is 0 Å². The van der Waals surface area contributed by atoms with Gasteiger partial charge in [-0.05, 0) is 5.56 Å². The molecule has 0 radical (unpaired) electrons. The van der Waals surface area contributed by atoms with E-state index in [0.717, 1.165) is 5.56 Å². The van der Waals surface area contributed by atoms with E-state index in [0.29, 0.717) is 19.6 Å². The summed E-state index contributed by atoms with van der Waals surface area (Å²) in [5.41, 5.74) is 0.964. The molecule has 2 fully saturated rings. The van der Waals surface area contributed by atoms with Crippen molar-refractivity contribution in [1.29, 1.82) is 0 Å². The van der Waals surface area contributed by atoms with Crippen molar-refractivity contribution in [3.8, 4) is 0 Å². The number of ether oxygens (including phenoxy) is 4. The Morgan fingerprint density at radius 1 is 1.25 bits per heavy atom. The number of methoxy groups -OCH3 is 1. The number of esters is 1. The van der Waals surface area contributed by atoms with Gasteiger partial charge in [0.25, 0.3) is 0 Å². The maximum Gasteiger partial charge on any atom is 0.306 e. The Labute approximate surface area is 143 Å². The van der Waals surface area contributed by atoms with E-state index >= 15 is 0 Å². The monoisotopic (exact) mass is 334 g/mol. The maximum atomic E-state index is 11.9. The van der Waals surface area contributed by atoms with Crippen LogP contribution in [0.15, 0.2) is 30.3 Å². The minimum absolute atomic E-state index is 0.0481. The summed E-state index contributed by atoms with van der Waals surface area (Å²) in [5, 5.41) is 0. The van der Waals surface area contributed by atoms with E-state index in [1.165, 1.54) is 0 Å². The fraction of sp³-hybridized carbons (Fsp3) is 0.632. The van der Waals surface area contributed by atoms with E-state index in [1.807, 2.05) is 18.2 Å². The maximum absolute atomic E-state index is 11.9. The van der Waals surface area contributed by atoms with Crippen molar-refractivity contribution in [1.82, 2.24) is 0 Å². The molecule has 0 amide bonds. The third kappa shape index (κ3) is 3.34. The molecule has 3 rings (SSSR count). The lowest BCUT2D eigenvalue weighted by Gasteiger charge is -2.60. The van der Waals surface area contributed by atoms with Gasteiger partial charge in [-0.1, -0.05) is 44.2 Å². The lowest BCUT2D eigenvalue weighted by molar-refractivity contribution is -0.274. The Hall–Kier alpha value is -1.43. The summed E-state index contributed by atoms with van der Waals surface area (Å²) in [6.07, 6.45) is 0.328. The lowest BCUT2D eigenvalue weighted by atomic mass is 9.53. The molecule has 0 bridgehead atoms. The summed E-state index contributed by atoms with van der Waals surface area (Å²) in [6, 6.07) is 10.1. The highest BCUT2D eigenvalue weighted by Gasteiger charge is 2.64. The molecule has 132 valence electrons. The first kappa shape index (κ1) is 17.4. The van der Waals surface area contributed by atoms with Gasteiger partial charge >= 0.3 is 5.97 Å². The van der Waals surface area contributed by atoms with Gasteiger partial charge in [-0.2, -0.15) is 0 Å². The molecule has 4 atom stereocenters. The zero-order valence-electron chi connectivity index (χ0n) is 14.6. The highest BCUT2D eigenvalue weighted by molar-refractivity contribution is 5.71. The first-order chi connectivity index (χ1) is 11.5. The molecule has 1 aliphatic carbocycles. The molecule has 1 aromatic carbocycles. The summed E-state index contributed by atoms with van der Waals surface area (Å²) in [7, 11) is 1.59. The van der Waals surface area contributed by atoms with Crippen LogP contribution in [-0.4, -0.2) is 38.7 Å². The largest absolute Gasteiger partial charge is 0.461 e. The molecule has 1 saturated heterocycles. The van der Waals surface area contributed by atoms with Crippen LogP contribution < -0.4 is 0 Å². The van der Waals surface area contributed by atoms with Crippen LogP contribution in [0.4, 0.5) is 0 Å². The van der Waals surface area contributed by atoms with Crippen molar-refractivity contribution in [2.45, 2.75) is 39.1 Å². The Morgan fingerprint density at radius 3 is 2.71 bits per heavy atom. The van der Waals surface area contributed by atoms with Crippen molar-refractivity contribution >= 4 is 5.97 Å². The van der Waals surface area contributed by atoms with Crippen LogP contribution in [0.3, 0.4) is 0 Å². The number of fused-ring (bicyclic) bond motifs is 1. The van der Waals surface area contributed by atoms with Gasteiger partial charge in [0, 0.05) is 24.4 Å². The van der Waals surface area contributed by atoms with Crippen LogP contribution >= 0.6 is 0 Å². The van der Waals surface area contributed by atoms with Crippen LogP contribution in [0.25, 0.3) is 0 Å². The smallest absolute Gasteiger partial charge is 0.306 e. The molecule has 1 saturated carbocycles. The standard InChI is InChI=1S/C19H26O5/c1-19(2)17(23-10-13-7-5-4-6-8-13)16-14(11-22-12-21-3)9-15(20)24-18(16)19/h4-8,14,16-18H,9-12H2,1-3H3/t14-,16+,17+,18+/m1/s1. The van der Waals surface area contributed by atoms with Gasteiger partial charge < -0.3 is 18.9 Å². The Balaban J connectivity index is 1.67. The van der Waals surface area contributed by atoms with Gasteiger partial charge in [-0.3, -0.25) is 4.79 Å². The van der Waals surface area contributed by atoms with E-state index < -0.39 is 0 Å². The number of rotatable bonds is 7. The Morgan fingerprint density at radius 2 is 2.00 bits per heavy atom. The van der Waals surface area contributed by atoms with Crippen LogP contribution in [0.1, 0.15) is 25.8 Å². The van der Waals surface area contributed by atoms with E-state index in [1.54, 1.807) is 7.11 Å². The van der Waals surface area contributed by atoms with Gasteiger partial charge in [0.05, 0.1) is 25.7 Å². The molecule has 5 heteroatoms. The molecule has 24 heavy (non-hydrogen) atoms. The van der Waals surface area contributed by atoms with E-state index in [4.69, 9.17) is 18.9 Å². The summed E-state index contributed by atoms with van der Waals surface area (Å²) < 4.78 is 22.3. The van der Waals surface area contributed by atoms with Gasteiger partial charge in [0.15, 0.2) is 0 Å². The Bertz CT molecular complexity index is 556. The van der Waals surface area contributed by atoms with Crippen LogP contribution in [0, 0.1) is 17.3 Å². The molecule has 5 nitrogen and oxygen atoms in total. The predicted octanol–water partition coefficient (Wildman–Crippen LogP) is 2.78. The fourth-order valence-electron chi connectivity index (χ4n) is 4.00. The molecule has 2 aliphatic rings. The van der Waals surface area contributed by atoms with Gasteiger partial charge in [-0.15, -0.1) is 0 Å². The number of benzene rings is 1. The van der Waals surface area contributed by atoms with Crippen molar-refractivity contribution in [3.05, 3.63) is 35.9 Å². The summed E-state index contributed by atoms with van der Waals surface area (Å²) >= 11 is 0. The zero-order chi connectivity index (χ0) is 17.2. The SMILES string of the molecule is COCOC[C@H]1CC(=O)O[C@H]2[C@@H]1[C@H](OCc1ccccc1)C2(C)C. The van der Waals surface area contributed by atoms with Gasteiger partial charge in [0.2, 0.25) is 0 Å². The van der Waals surface area contributed by atoms with E-state index in [-0.39, 0.29) is 42.2 Å². The minimum Gasteiger partial charge on any atom is -0.461 e. The van der Waals surface area contributed by atoms with E-state index in [9.17, 15) is 4.79 Å². The third-order valence-corrected chi connectivity index (χ3v) is 5.20. The third-order valence-electron chi connectivity index (χ3n) is 5.20. The van der Waals surface area contributed by atoms with Crippen molar-refractivity contribution in [2.24, 2.45) is 17.3 Å². The molecule has 0 spiro atoms. The molecule has 0 unspecified atom stereocenters. The van der Waals surface area contributed by atoms with Crippen molar-refractivity contribution in [2.75, 3.05) is 20.5 Å². The first-order valence-corrected chi connectivity index (χ1v) is 8.45. The van der Waals surface area contributed by atoms with Crippen LogP contribution in [-0.2, 0) is 30.3 Å². The van der Waals surface area contributed by atoms with Crippen LogP contribution in [0.2, 0.25) is 0 Å². The van der Waals surface area contributed by atoms with Crippen molar-refractivity contribution < 1.29 is 23.7 Å². The van der Waals surface area contributed by atoms with Crippen LogP contribution in [0.5, 0.6) is 0 Å². The molecule has 1 heterocycles. The normalized spacial score (nSPS) is 31.0.